The number of carbonyl (C=O) groups is 4. The molecule has 8 rings (SSSR count). The molecule has 4 saturated heterocycles. The Balaban J connectivity index is 0.000000293. The van der Waals surface area contributed by atoms with Crippen LogP contribution in [0.2, 0.25) is 0 Å². The quantitative estimate of drug-likeness (QED) is 0.0539. The van der Waals surface area contributed by atoms with E-state index in [4.69, 9.17) is 47.4 Å². The number of aryl methyl sites for hydroxylation is 1. The van der Waals surface area contributed by atoms with Gasteiger partial charge in [0.25, 0.3) is 0 Å². The van der Waals surface area contributed by atoms with Crippen molar-refractivity contribution in [2.24, 2.45) is 63.6 Å². The minimum Gasteiger partial charge on any atom is -0.496 e. The normalized spacial score (nSPS) is 35.3. The van der Waals surface area contributed by atoms with Crippen molar-refractivity contribution < 1.29 is 76.8 Å². The predicted molar refractivity (Wildman–Crippen MR) is 369 cm³/mol. The molecule has 7 aliphatic rings. The number of amides is 1. The predicted octanol–water partition coefficient (Wildman–Crippen LogP) is 14.7. The van der Waals surface area contributed by atoms with Crippen molar-refractivity contribution in [2.45, 2.75) is 288 Å². The second-order valence-corrected chi connectivity index (χ2v) is 31.6. The number of Topliss-reactive ketones (excluding diaryl/α,β-unsaturated/α-hetero) is 1. The number of hydrogen-bond donors (Lipinski definition) is 2. The Labute approximate surface area is 574 Å². The van der Waals surface area contributed by atoms with Crippen LogP contribution in [0.25, 0.3) is 0 Å². The summed E-state index contributed by atoms with van der Waals surface area (Å²) in [4.78, 5) is 56.0. The third kappa shape index (κ3) is 15.0. The monoisotopic (exact) mass is 1420 g/mol. The standard InChI is InChI=1S/C40H63NO7.C35H54O9.HI/c1-16-33-40(13,14)36(46-34(17-2)45-33)28(9)27(8)26(7)25(6)22-31(42)35-30(20-23(3)4)41(38(43)48-39(10,11)12)37(47-35)29-19-18-24(5)21-32(29)44-15;1-12-26-42-24-14-25-35(16-40-25,44-22(8)36)29-21(7)34(32(9,10)39)15-23(41-31(38)28(37)18(4)13-17(2)3)19(5)27(34)20(6)30(43-26)33(24,29)11;/h17-19,21,23,25,28,30,33-37H,2,16,20,22H2,1,3-15H3;12,17-18,20-21,23-26,28-30,37,39H,1,13-16H2,2-11H3;1H/b27-26+;;/t25-,28+,30+,33+,34?,35-,36+,37?;18-,20-,21-,23-,24-,25+,26?,28?,29-,30?,33+,34+,35-;/m10./s1. The van der Waals surface area contributed by atoms with Gasteiger partial charge in [0.1, 0.15) is 29.7 Å². The van der Waals surface area contributed by atoms with E-state index in [1.54, 1.807) is 24.2 Å². The Morgan fingerprint density at radius 1 is 0.860 bits per heavy atom. The van der Waals surface area contributed by atoms with Gasteiger partial charge in [-0.05, 0) is 141 Å². The molecule has 3 aliphatic carbocycles. The van der Waals surface area contributed by atoms with Crippen LogP contribution >= 0.6 is 24.0 Å². The molecule has 17 nitrogen and oxygen atoms in total. The zero-order chi connectivity index (χ0) is 69.0. The molecule has 0 spiro atoms. The van der Waals surface area contributed by atoms with Gasteiger partial charge in [0.15, 0.2) is 36.3 Å². The van der Waals surface area contributed by atoms with Crippen LogP contribution in [0.15, 0.2) is 65.8 Å². The molecule has 1 aromatic rings. The van der Waals surface area contributed by atoms with Crippen molar-refractivity contribution in [1.82, 2.24) is 4.90 Å². The van der Waals surface area contributed by atoms with E-state index in [9.17, 15) is 29.4 Å². The van der Waals surface area contributed by atoms with Crippen LogP contribution in [0.3, 0.4) is 0 Å². The van der Waals surface area contributed by atoms with Gasteiger partial charge in [-0.25, -0.2) is 9.59 Å². The van der Waals surface area contributed by atoms with E-state index in [2.05, 4.69) is 110 Å². The number of ether oxygens (including phenoxy) is 10. The van der Waals surface area contributed by atoms with Gasteiger partial charge in [0.2, 0.25) is 0 Å². The topological polar surface area (TPSA) is 204 Å². The van der Waals surface area contributed by atoms with Gasteiger partial charge < -0.3 is 57.6 Å². The van der Waals surface area contributed by atoms with E-state index < -0.39 is 82.9 Å². The second kappa shape index (κ2) is 29.8. The molecule has 0 radical (unpaired) electrons. The highest BCUT2D eigenvalue weighted by atomic mass is 127. The van der Waals surface area contributed by atoms with Crippen LogP contribution in [0.1, 0.15) is 208 Å². The Hall–Kier alpha value is -3.73. The number of aliphatic hydroxyl groups is 2. The van der Waals surface area contributed by atoms with Crippen molar-refractivity contribution in [3.8, 4) is 5.75 Å². The highest BCUT2D eigenvalue weighted by Gasteiger charge is 2.78. The van der Waals surface area contributed by atoms with Crippen LogP contribution in [-0.2, 0) is 57.0 Å². The van der Waals surface area contributed by atoms with E-state index >= 15 is 0 Å². The molecule has 18 heteroatoms. The van der Waals surface area contributed by atoms with Gasteiger partial charge in [-0.15, -0.1) is 24.0 Å². The lowest BCUT2D eigenvalue weighted by atomic mass is 9.47. The van der Waals surface area contributed by atoms with Gasteiger partial charge in [-0.2, -0.15) is 0 Å². The summed E-state index contributed by atoms with van der Waals surface area (Å²) in [5, 5.41) is 23.2. The van der Waals surface area contributed by atoms with E-state index in [1.165, 1.54) is 12.5 Å². The highest BCUT2D eigenvalue weighted by molar-refractivity contribution is 14.0. The molecule has 4 heterocycles. The SMILES string of the molecule is C=CC1OC2[C@@H](C)C3=C(C)[C@@H](OC(=O)C(O)[C@@H](C)CC(C)C)C[C@@]3(C(C)(C)O)[C@@H](C)[C@@H]3[C@]4(OC(C)=O)CO[C@@H]4C[C@H](O1)[C@@]23C.C=CC1O[C@@H](CC)C(C)(C)[C@H]([C@@H](C)/C(C)=C(\C)[C@H](C)CC(=O)[C@@H]2OC(c3ccc(C)cc3OC)N(C(=O)OC(C)(C)C)[C@H]2CC(C)C)O1.I. The van der Waals surface area contributed by atoms with E-state index in [-0.39, 0.29) is 126 Å². The smallest absolute Gasteiger partial charge is 0.412 e. The number of carbonyl (C=O) groups excluding carboxylic acids is 4. The Kier molecular flexibility index (Phi) is 25.1. The van der Waals surface area contributed by atoms with Crippen molar-refractivity contribution >= 4 is 47.8 Å². The number of allylic oxidation sites excluding steroid dienone is 1. The first-order valence-electron chi connectivity index (χ1n) is 34.1. The maximum Gasteiger partial charge on any atom is 0.412 e. The van der Waals surface area contributed by atoms with E-state index in [0.717, 1.165) is 28.7 Å². The molecule has 2 N–H and O–H groups in total. The van der Waals surface area contributed by atoms with Crippen LogP contribution in [0.5, 0.6) is 5.75 Å². The first-order chi connectivity index (χ1) is 42.6. The van der Waals surface area contributed by atoms with Crippen molar-refractivity contribution in [3.63, 3.8) is 0 Å². The fourth-order valence-corrected chi connectivity index (χ4v) is 17.9. The summed E-state index contributed by atoms with van der Waals surface area (Å²) in [6, 6.07) is 5.29. The average molecular weight is 1420 g/mol. The molecular formula is C75H118INO16. The maximum atomic E-state index is 14.3. The number of ketones is 1. The maximum absolute atomic E-state index is 14.3. The van der Waals surface area contributed by atoms with E-state index in [0.29, 0.717) is 42.9 Å². The number of fused-ring (bicyclic) bond motifs is 3. The lowest BCUT2D eigenvalue weighted by molar-refractivity contribution is -0.387. The number of halogens is 1. The van der Waals surface area contributed by atoms with Gasteiger partial charge >= 0.3 is 18.0 Å². The van der Waals surface area contributed by atoms with Crippen LogP contribution in [0.4, 0.5) is 4.79 Å². The summed E-state index contributed by atoms with van der Waals surface area (Å²) < 4.78 is 62.7. The summed E-state index contributed by atoms with van der Waals surface area (Å²) in [5.41, 5.74) is 1.30. The summed E-state index contributed by atoms with van der Waals surface area (Å²) in [6.07, 6.45) is 0.489. The van der Waals surface area contributed by atoms with Crippen LogP contribution < -0.4 is 4.74 Å². The van der Waals surface area contributed by atoms with Crippen molar-refractivity contribution in [2.75, 3.05) is 13.7 Å². The number of methoxy groups -OCH3 is 1. The molecular weight excluding hydrogens is 1300 g/mol. The zero-order valence-corrected chi connectivity index (χ0v) is 63.1. The Morgan fingerprint density at radius 2 is 1.48 bits per heavy atom. The molecule has 4 aliphatic heterocycles. The lowest BCUT2D eigenvalue weighted by Gasteiger charge is -2.68. The first-order valence-corrected chi connectivity index (χ1v) is 34.1. The fraction of sp³-hybridized carbons (Fsp3) is 0.760. The van der Waals surface area contributed by atoms with Gasteiger partial charge in [0, 0.05) is 65.7 Å². The number of hydrogen-bond acceptors (Lipinski definition) is 16. The van der Waals surface area contributed by atoms with Crippen LogP contribution in [-0.4, -0.2) is 137 Å². The molecule has 6 fully saturated rings. The number of nitrogens with zero attached hydrogens (tertiary/aromatic N) is 1. The molecule has 0 bridgehead atoms. The zero-order valence-electron chi connectivity index (χ0n) is 60.8. The van der Waals surface area contributed by atoms with Gasteiger partial charge in [0.05, 0.1) is 49.8 Å². The van der Waals surface area contributed by atoms with Crippen LogP contribution in [0, 0.1) is 70.5 Å². The molecule has 2 saturated carbocycles. The Bertz CT molecular complexity index is 2920. The second-order valence-electron chi connectivity index (χ2n) is 31.6. The third-order valence-electron chi connectivity index (χ3n) is 22.4. The molecule has 1 amide bonds. The molecule has 5 unspecified atom stereocenters. The highest BCUT2D eigenvalue weighted by Crippen LogP contribution is 2.72. The number of rotatable bonds is 20. The lowest BCUT2D eigenvalue weighted by Crippen LogP contribution is -2.78. The summed E-state index contributed by atoms with van der Waals surface area (Å²) in [6.45, 7) is 54.4. The number of esters is 2. The average Bonchev–Trinajstić information content (AvgIpc) is 1.59. The summed E-state index contributed by atoms with van der Waals surface area (Å²) in [5.74, 6) is -0.957. The molecule has 0 aromatic heterocycles. The third-order valence-corrected chi connectivity index (χ3v) is 22.4. The largest absolute Gasteiger partial charge is 0.496 e. The van der Waals surface area contributed by atoms with E-state index in [1.807, 2.05) is 73.6 Å². The van der Waals surface area contributed by atoms with Gasteiger partial charge in [-0.1, -0.05) is 132 Å². The van der Waals surface area contributed by atoms with Crippen molar-refractivity contribution in [3.05, 3.63) is 76.9 Å². The Morgan fingerprint density at radius 3 is 2.01 bits per heavy atom. The first kappa shape index (κ1) is 78.3. The van der Waals surface area contributed by atoms with Gasteiger partial charge in [-0.3, -0.25) is 14.5 Å². The number of aliphatic hydroxyl groups excluding tert-OH is 1. The summed E-state index contributed by atoms with van der Waals surface area (Å²) >= 11 is 0. The molecule has 93 heavy (non-hydrogen) atoms. The number of benzene rings is 1. The summed E-state index contributed by atoms with van der Waals surface area (Å²) in [7, 11) is 1.60. The molecule has 1 aromatic carbocycles. The van der Waals surface area contributed by atoms with Crippen molar-refractivity contribution in [1.29, 1.82) is 0 Å². The minimum atomic E-state index is -1.27. The molecule has 526 valence electrons. The minimum absolute atomic E-state index is 0. The molecule has 21 atom stereocenters. The fourth-order valence-electron chi connectivity index (χ4n) is 17.9.